The van der Waals surface area contributed by atoms with Crippen molar-refractivity contribution in [3.8, 4) is 11.5 Å². The minimum atomic E-state index is -0.127. The van der Waals surface area contributed by atoms with Gasteiger partial charge in [0, 0.05) is 23.4 Å². The predicted molar refractivity (Wildman–Crippen MR) is 74.9 cm³/mol. The van der Waals surface area contributed by atoms with Gasteiger partial charge < -0.3 is 15.2 Å². The number of hydrogen-bond acceptors (Lipinski definition) is 5. The molecule has 5 heteroatoms. The van der Waals surface area contributed by atoms with E-state index >= 15 is 0 Å². The van der Waals surface area contributed by atoms with Crippen molar-refractivity contribution in [2.75, 3.05) is 13.2 Å². The van der Waals surface area contributed by atoms with Crippen LogP contribution in [0.15, 0.2) is 23.6 Å². The van der Waals surface area contributed by atoms with Crippen LogP contribution < -0.4 is 15.2 Å². The summed E-state index contributed by atoms with van der Waals surface area (Å²) in [5.41, 5.74) is 8.31. The van der Waals surface area contributed by atoms with Crippen LogP contribution in [0.5, 0.6) is 11.5 Å². The van der Waals surface area contributed by atoms with E-state index in [4.69, 9.17) is 15.2 Å². The van der Waals surface area contributed by atoms with Gasteiger partial charge in [0.05, 0.1) is 10.7 Å². The van der Waals surface area contributed by atoms with Crippen LogP contribution >= 0.6 is 11.3 Å². The Morgan fingerprint density at radius 2 is 2.21 bits per heavy atom. The molecule has 1 aromatic heterocycles. The highest BCUT2D eigenvalue weighted by molar-refractivity contribution is 7.09. The van der Waals surface area contributed by atoms with Gasteiger partial charge >= 0.3 is 0 Å². The normalized spacial score (nSPS) is 15.3. The van der Waals surface area contributed by atoms with Crippen molar-refractivity contribution in [1.82, 2.24) is 4.98 Å². The Morgan fingerprint density at radius 1 is 1.37 bits per heavy atom. The zero-order valence-corrected chi connectivity index (χ0v) is 11.6. The summed E-state index contributed by atoms with van der Waals surface area (Å²) < 4.78 is 11.3. The largest absolute Gasteiger partial charge is 0.486 e. The van der Waals surface area contributed by atoms with Crippen LogP contribution in [0.25, 0.3) is 0 Å². The van der Waals surface area contributed by atoms with Crippen LogP contribution in [-0.2, 0) is 6.42 Å². The van der Waals surface area contributed by atoms with E-state index in [0.29, 0.717) is 19.6 Å². The van der Waals surface area contributed by atoms with Crippen LogP contribution in [0.3, 0.4) is 0 Å². The molecule has 0 radical (unpaired) electrons. The average Bonchev–Trinajstić information content (AvgIpc) is 2.83. The number of hydrogen-bond donors (Lipinski definition) is 1. The lowest BCUT2D eigenvalue weighted by atomic mass is 10.0. The van der Waals surface area contributed by atoms with Crippen molar-refractivity contribution < 1.29 is 9.47 Å². The number of aryl methyl sites for hydroxylation is 1. The summed E-state index contributed by atoms with van der Waals surface area (Å²) >= 11 is 1.65. The van der Waals surface area contributed by atoms with Gasteiger partial charge in [-0.3, -0.25) is 0 Å². The lowest BCUT2D eigenvalue weighted by Crippen LogP contribution is -2.20. The molecular formula is C14H16N2O2S. The molecule has 3 rings (SSSR count). The van der Waals surface area contributed by atoms with Gasteiger partial charge in [0.25, 0.3) is 0 Å². The van der Waals surface area contributed by atoms with E-state index in [0.717, 1.165) is 27.8 Å². The number of fused-ring (bicyclic) bond motifs is 1. The Morgan fingerprint density at radius 3 is 3.00 bits per heavy atom. The topological polar surface area (TPSA) is 57.4 Å². The van der Waals surface area contributed by atoms with Crippen LogP contribution in [0.2, 0.25) is 0 Å². The molecule has 1 aromatic carbocycles. The highest BCUT2D eigenvalue weighted by Gasteiger charge is 2.20. The fraction of sp³-hybridized carbons (Fsp3) is 0.357. The molecule has 0 saturated carbocycles. The maximum Gasteiger partial charge on any atom is 0.166 e. The molecule has 1 unspecified atom stereocenters. The maximum absolute atomic E-state index is 6.29. The molecular weight excluding hydrogens is 260 g/mol. The second kappa shape index (κ2) is 5.19. The number of ether oxygens (including phenoxy) is 2. The molecule has 1 atom stereocenters. The molecule has 19 heavy (non-hydrogen) atoms. The molecule has 100 valence electrons. The maximum atomic E-state index is 6.29. The number of rotatable bonds is 3. The van der Waals surface area contributed by atoms with Crippen LogP contribution in [-0.4, -0.2) is 18.2 Å². The van der Waals surface area contributed by atoms with E-state index in [2.05, 4.69) is 10.4 Å². The van der Waals surface area contributed by atoms with E-state index in [1.807, 2.05) is 25.1 Å². The van der Waals surface area contributed by atoms with Gasteiger partial charge in [0.1, 0.15) is 13.2 Å². The third-order valence-electron chi connectivity index (χ3n) is 3.09. The SMILES string of the molecule is Cc1nc(CC(N)c2cccc3c2OCCO3)cs1. The number of nitrogens with two attached hydrogens (primary N) is 1. The summed E-state index contributed by atoms with van der Waals surface area (Å²) in [6.07, 6.45) is 0.712. The van der Waals surface area contributed by atoms with E-state index in [-0.39, 0.29) is 6.04 Å². The zero-order valence-electron chi connectivity index (χ0n) is 10.8. The number of aromatic nitrogens is 1. The van der Waals surface area contributed by atoms with E-state index in [1.54, 1.807) is 11.3 Å². The second-order valence-electron chi connectivity index (χ2n) is 4.54. The molecule has 4 nitrogen and oxygen atoms in total. The van der Waals surface area contributed by atoms with Gasteiger partial charge in [0.15, 0.2) is 11.5 Å². The first kappa shape index (κ1) is 12.4. The first-order valence-corrected chi connectivity index (χ1v) is 7.17. The standard InChI is InChI=1S/C14H16N2O2S/c1-9-16-10(8-19-9)7-12(15)11-3-2-4-13-14(11)18-6-5-17-13/h2-4,8,12H,5-7,15H2,1H3. The van der Waals surface area contributed by atoms with E-state index in [1.165, 1.54) is 0 Å². The number of nitrogens with zero attached hydrogens (tertiary/aromatic N) is 1. The molecule has 0 bridgehead atoms. The van der Waals surface area contributed by atoms with Gasteiger partial charge in [-0.2, -0.15) is 0 Å². The fourth-order valence-corrected chi connectivity index (χ4v) is 2.85. The molecule has 2 N–H and O–H groups in total. The van der Waals surface area contributed by atoms with Crippen molar-refractivity contribution in [2.24, 2.45) is 5.73 Å². The lowest BCUT2D eigenvalue weighted by Gasteiger charge is -2.23. The Kier molecular flexibility index (Phi) is 3.40. The number of thiazole rings is 1. The monoisotopic (exact) mass is 276 g/mol. The fourth-order valence-electron chi connectivity index (χ4n) is 2.23. The molecule has 0 amide bonds. The molecule has 0 aliphatic carbocycles. The number of benzene rings is 1. The first-order chi connectivity index (χ1) is 9.24. The molecule has 2 aromatic rings. The highest BCUT2D eigenvalue weighted by atomic mass is 32.1. The van der Waals surface area contributed by atoms with Crippen molar-refractivity contribution in [1.29, 1.82) is 0 Å². The van der Waals surface area contributed by atoms with E-state index in [9.17, 15) is 0 Å². The average molecular weight is 276 g/mol. The second-order valence-corrected chi connectivity index (χ2v) is 5.60. The molecule has 0 fully saturated rings. The molecule has 0 spiro atoms. The van der Waals surface area contributed by atoms with Gasteiger partial charge in [-0.1, -0.05) is 12.1 Å². The van der Waals surface area contributed by atoms with Crippen molar-refractivity contribution in [2.45, 2.75) is 19.4 Å². The summed E-state index contributed by atoms with van der Waals surface area (Å²) in [5.74, 6) is 1.57. The summed E-state index contributed by atoms with van der Waals surface area (Å²) in [5, 5.41) is 3.12. The van der Waals surface area contributed by atoms with Crippen LogP contribution in [0.1, 0.15) is 22.3 Å². The van der Waals surface area contributed by atoms with Gasteiger partial charge in [-0.05, 0) is 13.0 Å². The molecule has 0 saturated heterocycles. The minimum absolute atomic E-state index is 0.127. The molecule has 2 heterocycles. The van der Waals surface area contributed by atoms with Crippen molar-refractivity contribution >= 4 is 11.3 Å². The summed E-state index contributed by atoms with van der Waals surface area (Å²) in [7, 11) is 0. The predicted octanol–water partition coefficient (Wildman–Crippen LogP) is 2.47. The zero-order chi connectivity index (χ0) is 13.2. The van der Waals surface area contributed by atoms with E-state index < -0.39 is 0 Å². The summed E-state index contributed by atoms with van der Waals surface area (Å²) in [6, 6.07) is 5.74. The van der Waals surface area contributed by atoms with Crippen molar-refractivity contribution in [3.63, 3.8) is 0 Å². The minimum Gasteiger partial charge on any atom is -0.486 e. The Balaban J connectivity index is 1.85. The first-order valence-electron chi connectivity index (χ1n) is 6.29. The third kappa shape index (κ3) is 2.57. The third-order valence-corrected chi connectivity index (χ3v) is 3.91. The molecule has 1 aliphatic rings. The smallest absolute Gasteiger partial charge is 0.166 e. The Hall–Kier alpha value is -1.59. The summed E-state index contributed by atoms with van der Waals surface area (Å²) in [4.78, 5) is 4.45. The lowest BCUT2D eigenvalue weighted by molar-refractivity contribution is 0.169. The van der Waals surface area contributed by atoms with Gasteiger partial charge in [0.2, 0.25) is 0 Å². The van der Waals surface area contributed by atoms with Gasteiger partial charge in [-0.25, -0.2) is 4.98 Å². The Labute approximate surface area is 116 Å². The van der Waals surface area contributed by atoms with Crippen LogP contribution in [0, 0.1) is 6.92 Å². The Bertz CT molecular complexity index is 583. The number of para-hydroxylation sites is 1. The molecule has 1 aliphatic heterocycles. The highest BCUT2D eigenvalue weighted by Crippen LogP contribution is 2.37. The van der Waals surface area contributed by atoms with Gasteiger partial charge in [-0.15, -0.1) is 11.3 Å². The van der Waals surface area contributed by atoms with Crippen molar-refractivity contribution in [3.05, 3.63) is 39.8 Å². The quantitative estimate of drug-likeness (QED) is 0.935. The van der Waals surface area contributed by atoms with Crippen LogP contribution in [0.4, 0.5) is 0 Å². The summed E-state index contributed by atoms with van der Waals surface area (Å²) in [6.45, 7) is 3.17.